The summed E-state index contributed by atoms with van der Waals surface area (Å²) < 4.78 is 5.51. The average Bonchev–Trinajstić information content (AvgIpc) is 2.78. The lowest BCUT2D eigenvalue weighted by Gasteiger charge is -2.29. The smallest absolute Gasteiger partial charge is 0.410 e. The molecule has 3 aromatic carbocycles. The van der Waals surface area contributed by atoms with Crippen molar-refractivity contribution in [2.45, 2.75) is 0 Å². The predicted molar refractivity (Wildman–Crippen MR) is 118 cm³/mol. The second-order valence-electron chi connectivity index (χ2n) is 7.03. The van der Waals surface area contributed by atoms with Crippen LogP contribution in [0.1, 0.15) is 11.1 Å². The summed E-state index contributed by atoms with van der Waals surface area (Å²) in [5.74, 6) is 0.424. The molecule has 0 unspecified atom stereocenters. The van der Waals surface area contributed by atoms with E-state index in [-0.39, 0.29) is 18.9 Å². The van der Waals surface area contributed by atoms with Crippen molar-refractivity contribution in [2.24, 2.45) is 0 Å². The molecule has 4 nitrogen and oxygen atoms in total. The minimum Gasteiger partial charge on any atom is -0.410 e. The SMILES string of the molecule is O=C1/C(=C\c2ccccc2)CN(C(=O)Oc2ccccc2)C/C1=C\c1ccccc1. The van der Waals surface area contributed by atoms with Crippen LogP contribution < -0.4 is 4.74 Å². The normalized spacial score (nSPS) is 16.7. The van der Waals surface area contributed by atoms with Gasteiger partial charge in [-0.2, -0.15) is 0 Å². The van der Waals surface area contributed by atoms with E-state index < -0.39 is 6.09 Å². The molecule has 1 saturated heterocycles. The van der Waals surface area contributed by atoms with Crippen LogP contribution >= 0.6 is 0 Å². The summed E-state index contributed by atoms with van der Waals surface area (Å²) in [6.07, 6.45) is 3.19. The molecule has 0 N–H and O–H groups in total. The van der Waals surface area contributed by atoms with Crippen molar-refractivity contribution < 1.29 is 14.3 Å². The van der Waals surface area contributed by atoms with E-state index in [4.69, 9.17) is 4.74 Å². The molecule has 0 aliphatic carbocycles. The van der Waals surface area contributed by atoms with Gasteiger partial charge in [0.1, 0.15) is 5.75 Å². The third kappa shape index (κ3) is 4.73. The number of rotatable bonds is 3. The van der Waals surface area contributed by atoms with Gasteiger partial charge in [0.2, 0.25) is 0 Å². The lowest BCUT2D eigenvalue weighted by molar-refractivity contribution is -0.113. The Morgan fingerprint density at radius 2 is 1.13 bits per heavy atom. The number of amides is 1. The molecule has 0 spiro atoms. The summed E-state index contributed by atoms with van der Waals surface area (Å²) >= 11 is 0. The van der Waals surface area contributed by atoms with Gasteiger partial charge in [-0.05, 0) is 35.4 Å². The van der Waals surface area contributed by atoms with Crippen LogP contribution in [0.15, 0.2) is 102 Å². The van der Waals surface area contributed by atoms with Crippen LogP contribution in [0.25, 0.3) is 12.2 Å². The van der Waals surface area contributed by atoms with Crippen molar-refractivity contribution in [3.05, 3.63) is 113 Å². The number of nitrogens with zero attached hydrogens (tertiary/aromatic N) is 1. The lowest BCUT2D eigenvalue weighted by Crippen LogP contribution is -2.43. The number of carbonyl (C=O) groups excluding carboxylic acids is 2. The van der Waals surface area contributed by atoms with E-state index in [0.717, 1.165) is 11.1 Å². The quantitative estimate of drug-likeness (QED) is 0.570. The van der Waals surface area contributed by atoms with Gasteiger partial charge in [-0.3, -0.25) is 9.69 Å². The molecule has 0 aromatic heterocycles. The van der Waals surface area contributed by atoms with Crippen LogP contribution in [0.5, 0.6) is 5.75 Å². The summed E-state index contributed by atoms with van der Waals surface area (Å²) in [6.45, 7) is 0.400. The van der Waals surface area contributed by atoms with Gasteiger partial charge in [-0.25, -0.2) is 4.79 Å². The molecule has 1 amide bonds. The molecule has 0 radical (unpaired) electrons. The topological polar surface area (TPSA) is 46.6 Å². The van der Waals surface area contributed by atoms with Crippen LogP contribution in [0.2, 0.25) is 0 Å². The maximum absolute atomic E-state index is 13.1. The first-order valence-electron chi connectivity index (χ1n) is 9.77. The summed E-state index contributed by atoms with van der Waals surface area (Å²) in [4.78, 5) is 27.5. The Kier molecular flexibility index (Phi) is 5.85. The Labute approximate surface area is 175 Å². The Balaban J connectivity index is 1.65. The second kappa shape index (κ2) is 9.05. The van der Waals surface area contributed by atoms with E-state index in [9.17, 15) is 9.59 Å². The van der Waals surface area contributed by atoms with Crippen molar-refractivity contribution in [3.63, 3.8) is 0 Å². The van der Waals surface area contributed by atoms with Gasteiger partial charge in [0.05, 0.1) is 13.1 Å². The van der Waals surface area contributed by atoms with Gasteiger partial charge in [0, 0.05) is 11.1 Å². The largest absolute Gasteiger partial charge is 0.415 e. The van der Waals surface area contributed by atoms with Crippen LogP contribution in [-0.2, 0) is 4.79 Å². The molecule has 1 fully saturated rings. The third-order valence-electron chi connectivity index (χ3n) is 4.79. The monoisotopic (exact) mass is 395 g/mol. The second-order valence-corrected chi connectivity index (χ2v) is 7.03. The molecule has 3 aromatic rings. The van der Waals surface area contributed by atoms with Crippen molar-refractivity contribution >= 4 is 24.0 Å². The number of ether oxygens (including phenoxy) is 1. The first kappa shape index (κ1) is 19.4. The minimum absolute atomic E-state index is 0.0496. The molecule has 1 heterocycles. The van der Waals surface area contributed by atoms with Crippen molar-refractivity contribution in [2.75, 3.05) is 13.1 Å². The molecule has 0 bridgehead atoms. The Morgan fingerprint density at radius 1 is 0.700 bits per heavy atom. The average molecular weight is 395 g/mol. The van der Waals surface area contributed by atoms with Crippen LogP contribution in [0, 0.1) is 0 Å². The standard InChI is InChI=1S/C26H21NO3/c28-25-22(16-20-10-4-1-5-11-20)18-27(26(29)30-24-14-8-3-9-15-24)19-23(25)17-21-12-6-2-7-13-21/h1-17H,18-19H2/b22-16-,23-17+. The van der Waals surface area contributed by atoms with E-state index in [1.807, 2.05) is 91.0 Å². The fraction of sp³-hybridized carbons (Fsp3) is 0.0769. The highest BCUT2D eigenvalue weighted by Crippen LogP contribution is 2.23. The molecular weight excluding hydrogens is 374 g/mol. The van der Waals surface area contributed by atoms with Crippen molar-refractivity contribution in [3.8, 4) is 5.75 Å². The highest BCUT2D eigenvalue weighted by atomic mass is 16.6. The number of carbonyl (C=O) groups is 2. The number of ketones is 1. The Morgan fingerprint density at radius 3 is 1.60 bits per heavy atom. The molecule has 1 aliphatic heterocycles. The van der Waals surface area contributed by atoms with Crippen LogP contribution in [0.4, 0.5) is 4.79 Å². The minimum atomic E-state index is -0.480. The van der Waals surface area contributed by atoms with Gasteiger partial charge in [-0.15, -0.1) is 0 Å². The van der Waals surface area contributed by atoms with Crippen LogP contribution in [0.3, 0.4) is 0 Å². The lowest BCUT2D eigenvalue weighted by atomic mass is 9.94. The number of hydrogen-bond acceptors (Lipinski definition) is 3. The first-order valence-corrected chi connectivity index (χ1v) is 9.77. The van der Waals surface area contributed by atoms with Gasteiger partial charge >= 0.3 is 6.09 Å². The summed E-state index contributed by atoms with van der Waals surface area (Å²) in [7, 11) is 0. The highest BCUT2D eigenvalue weighted by molar-refractivity contribution is 6.15. The fourth-order valence-corrected chi connectivity index (χ4v) is 3.32. The molecule has 4 heteroatoms. The highest BCUT2D eigenvalue weighted by Gasteiger charge is 2.30. The Hall–Kier alpha value is -3.92. The zero-order valence-corrected chi connectivity index (χ0v) is 16.4. The number of piperidine rings is 1. The van der Waals surface area contributed by atoms with Gasteiger partial charge in [-0.1, -0.05) is 78.9 Å². The molecular formula is C26H21NO3. The number of para-hydroxylation sites is 1. The van der Waals surface area contributed by atoms with Crippen molar-refractivity contribution in [1.82, 2.24) is 4.90 Å². The van der Waals surface area contributed by atoms with Gasteiger partial charge in [0.15, 0.2) is 5.78 Å². The fourth-order valence-electron chi connectivity index (χ4n) is 3.32. The molecule has 30 heavy (non-hydrogen) atoms. The maximum Gasteiger partial charge on any atom is 0.415 e. The summed E-state index contributed by atoms with van der Waals surface area (Å²) in [6, 6.07) is 28.2. The number of hydrogen-bond donors (Lipinski definition) is 0. The van der Waals surface area contributed by atoms with Crippen molar-refractivity contribution in [1.29, 1.82) is 0 Å². The molecule has 0 atom stereocenters. The zero-order chi connectivity index (χ0) is 20.8. The molecule has 0 saturated carbocycles. The molecule has 4 rings (SSSR count). The van der Waals surface area contributed by atoms with E-state index in [0.29, 0.717) is 16.9 Å². The third-order valence-corrected chi connectivity index (χ3v) is 4.79. The van der Waals surface area contributed by atoms with E-state index in [1.54, 1.807) is 17.0 Å². The van der Waals surface area contributed by atoms with E-state index in [2.05, 4.69) is 0 Å². The first-order chi connectivity index (χ1) is 14.7. The van der Waals surface area contributed by atoms with E-state index in [1.165, 1.54) is 0 Å². The summed E-state index contributed by atoms with van der Waals surface area (Å²) in [5.41, 5.74) is 2.94. The molecule has 148 valence electrons. The van der Waals surface area contributed by atoms with E-state index >= 15 is 0 Å². The van der Waals surface area contributed by atoms with Gasteiger partial charge in [0.25, 0.3) is 0 Å². The Bertz CT molecular complexity index is 1030. The predicted octanol–water partition coefficient (Wildman–Crippen LogP) is 5.24. The number of likely N-dealkylation sites (tertiary alicyclic amines) is 1. The molecule has 1 aliphatic rings. The maximum atomic E-state index is 13.1. The number of Topliss-reactive ketones (excluding diaryl/α,β-unsaturated/α-hetero) is 1. The number of benzene rings is 3. The van der Waals surface area contributed by atoms with Gasteiger partial charge < -0.3 is 4.74 Å². The zero-order valence-electron chi connectivity index (χ0n) is 16.4. The summed E-state index contributed by atoms with van der Waals surface area (Å²) in [5, 5.41) is 0. The van der Waals surface area contributed by atoms with Crippen LogP contribution in [-0.4, -0.2) is 29.9 Å².